The fourth-order valence-electron chi connectivity index (χ4n) is 4.09. The van der Waals surface area contributed by atoms with Gasteiger partial charge in [-0.25, -0.2) is 9.78 Å². The molecule has 154 valence electrons. The Labute approximate surface area is 172 Å². The van der Waals surface area contributed by atoms with Gasteiger partial charge < -0.3 is 15.5 Å². The summed E-state index contributed by atoms with van der Waals surface area (Å²) in [7, 11) is 0. The Morgan fingerprint density at radius 3 is 2.93 bits per heavy atom. The Balaban J connectivity index is 1.62. The summed E-state index contributed by atoms with van der Waals surface area (Å²) in [5.74, 6) is 2.32. The number of anilines is 4. The van der Waals surface area contributed by atoms with E-state index >= 15 is 0 Å². The number of hydrogen-bond acceptors (Lipinski definition) is 5. The van der Waals surface area contributed by atoms with E-state index in [1.165, 1.54) is 12.8 Å². The standard InChI is InChI=1S/C22H30N6O/c1-16-6-5-10-27(15-16)20-8-7-19-21(26-20)28(11-4-3-9-24-19)22(29)25-18-12-17(2)13-23-14-18/h7-8,12-14,16,24H,3-6,9-11,15H2,1-2H3,(H,25,29). The maximum atomic E-state index is 13.2. The van der Waals surface area contributed by atoms with Crippen molar-refractivity contribution >= 4 is 29.0 Å². The molecule has 0 spiro atoms. The van der Waals surface area contributed by atoms with Gasteiger partial charge in [0.2, 0.25) is 0 Å². The van der Waals surface area contributed by atoms with Crippen LogP contribution < -0.4 is 20.4 Å². The van der Waals surface area contributed by atoms with Gasteiger partial charge in [-0.3, -0.25) is 9.88 Å². The summed E-state index contributed by atoms with van der Waals surface area (Å²) in [4.78, 5) is 26.4. The maximum absolute atomic E-state index is 13.2. The number of hydrogen-bond donors (Lipinski definition) is 2. The second kappa shape index (κ2) is 8.68. The van der Waals surface area contributed by atoms with Crippen LogP contribution in [-0.2, 0) is 0 Å². The zero-order valence-electron chi connectivity index (χ0n) is 17.3. The number of nitrogens with zero attached hydrogens (tertiary/aromatic N) is 4. The zero-order chi connectivity index (χ0) is 20.2. The molecule has 2 aliphatic heterocycles. The first-order chi connectivity index (χ1) is 14.1. The van der Waals surface area contributed by atoms with Gasteiger partial charge in [-0.05, 0) is 62.3 Å². The third-order valence-corrected chi connectivity index (χ3v) is 5.59. The van der Waals surface area contributed by atoms with Crippen LogP contribution in [0.15, 0.2) is 30.6 Å². The molecule has 4 rings (SSSR count). The molecule has 0 saturated carbocycles. The maximum Gasteiger partial charge on any atom is 0.327 e. The number of rotatable bonds is 2. The minimum absolute atomic E-state index is 0.168. The summed E-state index contributed by atoms with van der Waals surface area (Å²) in [6.45, 7) is 7.83. The number of amides is 2. The average molecular weight is 395 g/mol. The van der Waals surface area contributed by atoms with Gasteiger partial charge in [0.1, 0.15) is 5.82 Å². The molecule has 4 heterocycles. The summed E-state index contributed by atoms with van der Waals surface area (Å²) < 4.78 is 0. The third kappa shape index (κ3) is 4.60. The van der Waals surface area contributed by atoms with Gasteiger partial charge in [-0.1, -0.05) is 6.92 Å². The smallest absolute Gasteiger partial charge is 0.327 e. The van der Waals surface area contributed by atoms with Crippen LogP contribution in [0.25, 0.3) is 0 Å². The first-order valence-electron chi connectivity index (χ1n) is 10.6. The number of piperidine rings is 1. The van der Waals surface area contributed by atoms with Gasteiger partial charge in [0, 0.05) is 32.4 Å². The van der Waals surface area contributed by atoms with E-state index in [2.05, 4.69) is 39.6 Å². The second-order valence-corrected chi connectivity index (χ2v) is 8.20. The molecule has 0 aromatic carbocycles. The van der Waals surface area contributed by atoms with Crippen molar-refractivity contribution in [3.8, 4) is 0 Å². The van der Waals surface area contributed by atoms with E-state index in [1.54, 1.807) is 17.3 Å². The topological polar surface area (TPSA) is 73.4 Å². The number of aryl methyl sites for hydroxylation is 1. The zero-order valence-corrected chi connectivity index (χ0v) is 17.3. The number of carbonyl (C=O) groups excluding carboxylic acids is 1. The Morgan fingerprint density at radius 1 is 1.21 bits per heavy atom. The normalized spacial score (nSPS) is 19.6. The highest BCUT2D eigenvalue weighted by atomic mass is 16.2. The third-order valence-electron chi connectivity index (χ3n) is 5.59. The molecule has 7 nitrogen and oxygen atoms in total. The predicted octanol–water partition coefficient (Wildman–Crippen LogP) is 4.27. The Bertz CT molecular complexity index is 870. The van der Waals surface area contributed by atoms with E-state index in [9.17, 15) is 4.79 Å². The molecular weight excluding hydrogens is 364 g/mol. The SMILES string of the molecule is Cc1cncc(NC(=O)N2CCCCNc3ccc(N4CCCC(C)C4)nc32)c1. The Hall–Kier alpha value is -2.83. The number of pyridine rings is 2. The Morgan fingerprint density at radius 2 is 2.10 bits per heavy atom. The lowest BCUT2D eigenvalue weighted by Gasteiger charge is -2.33. The first kappa shape index (κ1) is 19.5. The molecule has 2 aromatic heterocycles. The van der Waals surface area contributed by atoms with Crippen LogP contribution in [0.2, 0.25) is 0 Å². The van der Waals surface area contributed by atoms with Crippen molar-refractivity contribution in [2.24, 2.45) is 5.92 Å². The van der Waals surface area contributed by atoms with Crippen molar-refractivity contribution in [2.75, 3.05) is 46.6 Å². The number of aromatic nitrogens is 2. The summed E-state index contributed by atoms with van der Waals surface area (Å²) >= 11 is 0. The molecule has 2 aliphatic rings. The van der Waals surface area contributed by atoms with Crippen LogP contribution in [0.1, 0.15) is 38.2 Å². The molecule has 0 radical (unpaired) electrons. The molecule has 2 N–H and O–H groups in total. The lowest BCUT2D eigenvalue weighted by molar-refractivity contribution is 0.256. The second-order valence-electron chi connectivity index (χ2n) is 8.20. The summed E-state index contributed by atoms with van der Waals surface area (Å²) in [6, 6.07) is 5.90. The molecule has 1 fully saturated rings. The van der Waals surface area contributed by atoms with Crippen molar-refractivity contribution in [2.45, 2.75) is 39.5 Å². The van der Waals surface area contributed by atoms with Crippen LogP contribution in [0.5, 0.6) is 0 Å². The summed E-state index contributed by atoms with van der Waals surface area (Å²) in [5, 5.41) is 6.44. The van der Waals surface area contributed by atoms with Crippen LogP contribution >= 0.6 is 0 Å². The lowest BCUT2D eigenvalue weighted by Crippen LogP contribution is -2.39. The molecule has 1 saturated heterocycles. The Kier molecular flexibility index (Phi) is 5.83. The van der Waals surface area contributed by atoms with Gasteiger partial charge in [-0.15, -0.1) is 0 Å². The van der Waals surface area contributed by atoms with E-state index in [1.807, 2.05) is 13.0 Å². The van der Waals surface area contributed by atoms with E-state index in [4.69, 9.17) is 4.98 Å². The van der Waals surface area contributed by atoms with Crippen molar-refractivity contribution in [1.82, 2.24) is 9.97 Å². The van der Waals surface area contributed by atoms with E-state index in [-0.39, 0.29) is 6.03 Å². The molecule has 1 unspecified atom stereocenters. The molecule has 0 bridgehead atoms. The molecule has 2 aromatic rings. The quantitative estimate of drug-likeness (QED) is 0.796. The van der Waals surface area contributed by atoms with Crippen molar-refractivity contribution < 1.29 is 4.79 Å². The highest BCUT2D eigenvalue weighted by Crippen LogP contribution is 2.31. The fourth-order valence-corrected chi connectivity index (χ4v) is 4.09. The van der Waals surface area contributed by atoms with Crippen molar-refractivity contribution in [1.29, 1.82) is 0 Å². The molecule has 7 heteroatoms. The molecule has 29 heavy (non-hydrogen) atoms. The van der Waals surface area contributed by atoms with Gasteiger partial charge >= 0.3 is 6.03 Å². The molecule has 1 atom stereocenters. The average Bonchev–Trinajstić information content (AvgIpc) is 2.68. The van der Waals surface area contributed by atoms with E-state index in [0.717, 1.165) is 49.5 Å². The number of urea groups is 1. The highest BCUT2D eigenvalue weighted by Gasteiger charge is 2.25. The summed E-state index contributed by atoms with van der Waals surface area (Å²) in [6.07, 6.45) is 7.84. The van der Waals surface area contributed by atoms with Gasteiger partial charge in [0.05, 0.1) is 17.6 Å². The molecule has 0 aliphatic carbocycles. The van der Waals surface area contributed by atoms with Gasteiger partial charge in [0.25, 0.3) is 0 Å². The molecular formula is C22H30N6O. The first-order valence-corrected chi connectivity index (χ1v) is 10.6. The van der Waals surface area contributed by atoms with E-state index in [0.29, 0.717) is 24.0 Å². The van der Waals surface area contributed by atoms with Crippen molar-refractivity contribution in [3.05, 3.63) is 36.2 Å². The van der Waals surface area contributed by atoms with Crippen LogP contribution in [0.3, 0.4) is 0 Å². The lowest BCUT2D eigenvalue weighted by atomic mass is 10.0. The van der Waals surface area contributed by atoms with Gasteiger partial charge in [-0.2, -0.15) is 0 Å². The summed E-state index contributed by atoms with van der Waals surface area (Å²) in [5.41, 5.74) is 2.63. The minimum atomic E-state index is -0.168. The van der Waals surface area contributed by atoms with Crippen LogP contribution in [-0.4, -0.2) is 42.2 Å². The van der Waals surface area contributed by atoms with E-state index < -0.39 is 0 Å². The fraction of sp³-hybridized carbons (Fsp3) is 0.500. The molecule has 2 amide bonds. The largest absolute Gasteiger partial charge is 0.382 e. The number of carbonyl (C=O) groups is 1. The number of fused-ring (bicyclic) bond motifs is 1. The minimum Gasteiger partial charge on any atom is -0.382 e. The van der Waals surface area contributed by atoms with Crippen molar-refractivity contribution in [3.63, 3.8) is 0 Å². The highest BCUT2D eigenvalue weighted by molar-refractivity contribution is 6.03. The van der Waals surface area contributed by atoms with Gasteiger partial charge in [0.15, 0.2) is 5.82 Å². The predicted molar refractivity (Wildman–Crippen MR) is 118 cm³/mol. The monoisotopic (exact) mass is 394 g/mol. The number of nitrogens with one attached hydrogen (secondary N) is 2. The van der Waals surface area contributed by atoms with Crippen LogP contribution in [0, 0.1) is 12.8 Å². The van der Waals surface area contributed by atoms with Crippen LogP contribution in [0.4, 0.5) is 27.8 Å².